The molecular formula is C20H21N3O2. The number of aromatic amines is 1. The van der Waals surface area contributed by atoms with Crippen LogP contribution in [0.4, 0.5) is 0 Å². The first-order valence-electron chi connectivity index (χ1n) is 9.13. The molecule has 5 nitrogen and oxygen atoms in total. The third-order valence-corrected chi connectivity index (χ3v) is 6.27. The predicted octanol–water partition coefficient (Wildman–Crippen LogP) is 2.51. The van der Waals surface area contributed by atoms with Crippen molar-refractivity contribution < 1.29 is 4.79 Å². The van der Waals surface area contributed by atoms with E-state index in [0.29, 0.717) is 30.7 Å². The zero-order valence-corrected chi connectivity index (χ0v) is 14.1. The summed E-state index contributed by atoms with van der Waals surface area (Å²) in [5, 5.41) is 0. The molecular weight excluding hydrogens is 314 g/mol. The van der Waals surface area contributed by atoms with Crippen LogP contribution in [0.15, 0.2) is 35.1 Å². The molecule has 2 heterocycles. The van der Waals surface area contributed by atoms with Gasteiger partial charge in [-0.05, 0) is 31.1 Å². The number of hydrogen-bond donors (Lipinski definition) is 1. The molecule has 1 amide bonds. The van der Waals surface area contributed by atoms with E-state index in [-0.39, 0.29) is 17.4 Å². The van der Waals surface area contributed by atoms with E-state index in [1.54, 1.807) is 0 Å². The molecule has 1 spiro atoms. The summed E-state index contributed by atoms with van der Waals surface area (Å²) >= 11 is 0. The van der Waals surface area contributed by atoms with Crippen LogP contribution in [0, 0.1) is 11.3 Å². The van der Waals surface area contributed by atoms with Crippen LogP contribution in [0.3, 0.4) is 0 Å². The summed E-state index contributed by atoms with van der Waals surface area (Å²) in [6, 6.07) is 9.65. The molecule has 128 valence electrons. The molecule has 2 fully saturated rings. The SMILES string of the molecule is O=C([C@H]1CC12CCC2)N1CCc2c(nc(-c3ccccc3)[nH]c2=O)C1. The summed E-state index contributed by atoms with van der Waals surface area (Å²) in [5.41, 5.74) is 2.65. The molecule has 1 N–H and O–H groups in total. The molecule has 0 bridgehead atoms. The minimum Gasteiger partial charge on any atom is -0.336 e. The Labute approximate surface area is 146 Å². The van der Waals surface area contributed by atoms with E-state index in [9.17, 15) is 9.59 Å². The smallest absolute Gasteiger partial charge is 0.254 e. The van der Waals surface area contributed by atoms with E-state index in [2.05, 4.69) is 9.97 Å². The van der Waals surface area contributed by atoms with Gasteiger partial charge < -0.3 is 9.88 Å². The molecule has 0 unspecified atom stereocenters. The van der Waals surface area contributed by atoms with Crippen molar-refractivity contribution in [3.05, 3.63) is 51.9 Å². The van der Waals surface area contributed by atoms with Crippen molar-refractivity contribution in [1.29, 1.82) is 0 Å². The highest BCUT2D eigenvalue weighted by atomic mass is 16.2. The molecule has 2 aliphatic carbocycles. The second-order valence-electron chi connectivity index (χ2n) is 7.69. The number of rotatable bonds is 2. The number of nitrogens with zero attached hydrogens (tertiary/aromatic N) is 2. The Balaban J connectivity index is 1.42. The molecule has 0 radical (unpaired) electrons. The van der Waals surface area contributed by atoms with E-state index in [0.717, 1.165) is 23.2 Å². The van der Waals surface area contributed by atoms with Crippen LogP contribution < -0.4 is 5.56 Å². The van der Waals surface area contributed by atoms with Crippen molar-refractivity contribution in [3.8, 4) is 11.4 Å². The van der Waals surface area contributed by atoms with Crippen LogP contribution in [-0.2, 0) is 17.8 Å². The summed E-state index contributed by atoms with van der Waals surface area (Å²) in [6.07, 6.45) is 5.35. The van der Waals surface area contributed by atoms with Gasteiger partial charge in [-0.3, -0.25) is 9.59 Å². The maximum Gasteiger partial charge on any atom is 0.254 e. The number of carbonyl (C=O) groups excluding carboxylic acids is 1. The standard InChI is InChI=1S/C20H21N3O2/c24-18-14-7-10-23(19(25)15-11-20(15)8-4-9-20)12-16(14)21-17(22-18)13-5-2-1-3-6-13/h1-3,5-6,15H,4,7-12H2,(H,21,22,24)/t15-/m1/s1. The summed E-state index contributed by atoms with van der Waals surface area (Å²) < 4.78 is 0. The predicted molar refractivity (Wildman–Crippen MR) is 93.8 cm³/mol. The number of amides is 1. The Bertz CT molecular complexity index is 899. The van der Waals surface area contributed by atoms with Crippen molar-refractivity contribution in [2.24, 2.45) is 11.3 Å². The first kappa shape index (κ1) is 14.9. The van der Waals surface area contributed by atoms with E-state index >= 15 is 0 Å². The van der Waals surface area contributed by atoms with Gasteiger partial charge in [0.15, 0.2) is 0 Å². The average molecular weight is 335 g/mol. The van der Waals surface area contributed by atoms with Gasteiger partial charge >= 0.3 is 0 Å². The van der Waals surface area contributed by atoms with Gasteiger partial charge in [-0.15, -0.1) is 0 Å². The van der Waals surface area contributed by atoms with Gasteiger partial charge in [-0.2, -0.15) is 0 Å². The molecule has 5 rings (SSSR count). The highest BCUT2D eigenvalue weighted by Gasteiger charge is 2.61. The summed E-state index contributed by atoms with van der Waals surface area (Å²) in [6.45, 7) is 1.10. The second kappa shape index (κ2) is 5.28. The number of fused-ring (bicyclic) bond motifs is 1. The van der Waals surface area contributed by atoms with Crippen molar-refractivity contribution in [2.75, 3.05) is 6.54 Å². The van der Waals surface area contributed by atoms with Gasteiger partial charge in [0.2, 0.25) is 5.91 Å². The van der Waals surface area contributed by atoms with Crippen molar-refractivity contribution in [1.82, 2.24) is 14.9 Å². The van der Waals surface area contributed by atoms with Crippen LogP contribution in [0.25, 0.3) is 11.4 Å². The van der Waals surface area contributed by atoms with Crippen molar-refractivity contribution in [2.45, 2.75) is 38.6 Å². The minimum absolute atomic E-state index is 0.0714. The first-order valence-corrected chi connectivity index (χ1v) is 9.13. The fraction of sp³-hybridized carbons (Fsp3) is 0.450. The summed E-state index contributed by atoms with van der Waals surface area (Å²) in [7, 11) is 0. The fourth-order valence-corrected chi connectivity index (χ4v) is 4.46. The molecule has 25 heavy (non-hydrogen) atoms. The third-order valence-electron chi connectivity index (χ3n) is 6.27. The lowest BCUT2D eigenvalue weighted by Crippen LogP contribution is -2.41. The van der Waals surface area contributed by atoms with Crippen LogP contribution in [0.5, 0.6) is 0 Å². The number of hydrogen-bond acceptors (Lipinski definition) is 3. The summed E-state index contributed by atoms with van der Waals surface area (Å²) in [5.74, 6) is 1.08. The lowest BCUT2D eigenvalue weighted by Gasteiger charge is -2.31. The second-order valence-corrected chi connectivity index (χ2v) is 7.69. The topological polar surface area (TPSA) is 66.1 Å². The highest BCUT2D eigenvalue weighted by Crippen LogP contribution is 2.66. The van der Waals surface area contributed by atoms with Crippen LogP contribution >= 0.6 is 0 Å². The Kier molecular flexibility index (Phi) is 3.14. The molecule has 0 saturated heterocycles. The monoisotopic (exact) mass is 335 g/mol. The van der Waals surface area contributed by atoms with Crippen molar-refractivity contribution >= 4 is 5.91 Å². The van der Waals surface area contributed by atoms with Crippen LogP contribution in [0.2, 0.25) is 0 Å². The molecule has 2 saturated carbocycles. The molecule has 5 heteroatoms. The Morgan fingerprint density at radius 3 is 2.72 bits per heavy atom. The molecule has 3 aliphatic rings. The van der Waals surface area contributed by atoms with Gasteiger partial charge in [0.25, 0.3) is 5.56 Å². The molecule has 2 aromatic rings. The average Bonchev–Trinajstić information content (AvgIpc) is 3.38. The van der Waals surface area contributed by atoms with Crippen LogP contribution in [0.1, 0.15) is 36.9 Å². The summed E-state index contributed by atoms with van der Waals surface area (Å²) in [4.78, 5) is 34.8. The van der Waals surface area contributed by atoms with E-state index in [1.807, 2.05) is 35.2 Å². The Morgan fingerprint density at radius 2 is 2.04 bits per heavy atom. The molecule has 1 aromatic heterocycles. The number of aromatic nitrogens is 2. The van der Waals surface area contributed by atoms with Gasteiger partial charge in [0.05, 0.1) is 12.2 Å². The Morgan fingerprint density at radius 1 is 1.24 bits per heavy atom. The molecule has 1 aliphatic heterocycles. The molecule has 1 aromatic carbocycles. The van der Waals surface area contributed by atoms with Gasteiger partial charge in [0, 0.05) is 23.6 Å². The first-order chi connectivity index (χ1) is 12.2. The Hall–Kier alpha value is -2.43. The fourth-order valence-electron chi connectivity index (χ4n) is 4.46. The number of benzene rings is 1. The lowest BCUT2D eigenvalue weighted by atomic mass is 9.79. The van der Waals surface area contributed by atoms with Gasteiger partial charge in [0.1, 0.15) is 5.82 Å². The zero-order chi connectivity index (χ0) is 17.0. The minimum atomic E-state index is -0.0714. The third kappa shape index (κ3) is 2.33. The molecule has 1 atom stereocenters. The van der Waals surface area contributed by atoms with E-state index in [1.165, 1.54) is 19.3 Å². The van der Waals surface area contributed by atoms with E-state index < -0.39 is 0 Å². The normalized spacial score (nSPS) is 23.0. The lowest BCUT2D eigenvalue weighted by molar-refractivity contribution is -0.135. The van der Waals surface area contributed by atoms with Crippen LogP contribution in [-0.4, -0.2) is 27.3 Å². The maximum atomic E-state index is 12.8. The largest absolute Gasteiger partial charge is 0.336 e. The number of H-pyrrole nitrogens is 1. The number of carbonyl (C=O) groups is 1. The van der Waals surface area contributed by atoms with E-state index in [4.69, 9.17) is 0 Å². The zero-order valence-electron chi connectivity index (χ0n) is 14.1. The maximum absolute atomic E-state index is 12.8. The van der Waals surface area contributed by atoms with Gasteiger partial charge in [-0.1, -0.05) is 36.8 Å². The highest BCUT2D eigenvalue weighted by molar-refractivity contribution is 5.83. The quantitative estimate of drug-likeness (QED) is 0.917. The van der Waals surface area contributed by atoms with Gasteiger partial charge in [-0.25, -0.2) is 4.98 Å². The number of nitrogens with one attached hydrogen (secondary N) is 1. The van der Waals surface area contributed by atoms with Crippen molar-refractivity contribution in [3.63, 3.8) is 0 Å².